The van der Waals surface area contributed by atoms with Gasteiger partial charge >= 0.3 is 5.97 Å². The van der Waals surface area contributed by atoms with Crippen LogP contribution in [0.2, 0.25) is 0 Å². The van der Waals surface area contributed by atoms with Crippen molar-refractivity contribution in [2.75, 3.05) is 23.8 Å². The molecule has 0 amide bonds. The molecule has 1 aromatic rings. The van der Waals surface area contributed by atoms with Crippen molar-refractivity contribution in [1.29, 1.82) is 0 Å². The number of carbonyl (C=O) groups is 1. The van der Waals surface area contributed by atoms with Gasteiger partial charge in [0.05, 0.1) is 16.9 Å². The number of carboxylic acids is 1. The summed E-state index contributed by atoms with van der Waals surface area (Å²) in [5.74, 6) is -0.888. The highest BCUT2D eigenvalue weighted by atomic mass is 16.4. The average Bonchev–Trinajstić information content (AvgIpc) is 2.16. The molecule has 0 spiro atoms. The molecule has 1 aliphatic rings. The Bertz CT molecular complexity index is 404. The lowest BCUT2D eigenvalue weighted by Gasteiger charge is -2.33. The molecule has 4 nitrogen and oxygen atoms in total. The highest BCUT2D eigenvalue weighted by molar-refractivity contribution is 5.91. The van der Waals surface area contributed by atoms with Crippen LogP contribution in [0, 0.1) is 0 Å². The number of hydrogen-bond acceptors (Lipinski definition) is 3. The van der Waals surface area contributed by atoms with E-state index >= 15 is 0 Å². The summed E-state index contributed by atoms with van der Waals surface area (Å²) in [4.78, 5) is 12.9. The van der Waals surface area contributed by atoms with E-state index in [2.05, 4.69) is 17.1 Å². The molecule has 0 radical (unpaired) electrons. The molecule has 2 rings (SSSR count). The Kier molecular flexibility index (Phi) is 2.26. The summed E-state index contributed by atoms with van der Waals surface area (Å²) < 4.78 is 0. The maximum atomic E-state index is 10.8. The summed E-state index contributed by atoms with van der Waals surface area (Å²) in [7, 11) is 2.01. The van der Waals surface area contributed by atoms with Gasteiger partial charge in [-0.3, -0.25) is 0 Å². The summed E-state index contributed by atoms with van der Waals surface area (Å²) in [6.45, 7) is 3.01. The molecule has 0 saturated heterocycles. The first-order valence-electron chi connectivity index (χ1n) is 4.93. The van der Waals surface area contributed by atoms with Gasteiger partial charge < -0.3 is 15.3 Å². The molecule has 80 valence electrons. The second kappa shape index (κ2) is 3.46. The molecule has 1 atom stereocenters. The van der Waals surface area contributed by atoms with Crippen molar-refractivity contribution in [2.24, 2.45) is 0 Å². The van der Waals surface area contributed by atoms with Gasteiger partial charge in [0.1, 0.15) is 0 Å². The van der Waals surface area contributed by atoms with E-state index < -0.39 is 5.97 Å². The number of rotatable bonds is 1. The van der Waals surface area contributed by atoms with Crippen LogP contribution in [-0.2, 0) is 0 Å². The number of nitrogens with zero attached hydrogens (tertiary/aromatic N) is 1. The number of benzene rings is 1. The van der Waals surface area contributed by atoms with Crippen LogP contribution in [-0.4, -0.2) is 30.7 Å². The number of fused-ring (bicyclic) bond motifs is 1. The smallest absolute Gasteiger partial charge is 0.335 e. The monoisotopic (exact) mass is 206 g/mol. The summed E-state index contributed by atoms with van der Waals surface area (Å²) >= 11 is 0. The van der Waals surface area contributed by atoms with E-state index in [4.69, 9.17) is 5.11 Å². The minimum atomic E-state index is -0.888. The van der Waals surface area contributed by atoms with Crippen LogP contribution in [0.4, 0.5) is 11.4 Å². The predicted molar refractivity (Wildman–Crippen MR) is 59.8 cm³/mol. The SMILES string of the molecule is CC1CN(C)c2ccc(C(=O)O)cc2N1. The Hall–Kier alpha value is -1.71. The number of anilines is 2. The average molecular weight is 206 g/mol. The van der Waals surface area contributed by atoms with Gasteiger partial charge in [-0.2, -0.15) is 0 Å². The van der Waals surface area contributed by atoms with Gasteiger partial charge in [0.25, 0.3) is 0 Å². The summed E-state index contributed by atoms with van der Waals surface area (Å²) in [5, 5.41) is 12.2. The van der Waals surface area contributed by atoms with E-state index in [1.54, 1.807) is 12.1 Å². The van der Waals surface area contributed by atoms with Crippen LogP contribution < -0.4 is 10.2 Å². The molecule has 15 heavy (non-hydrogen) atoms. The zero-order chi connectivity index (χ0) is 11.0. The zero-order valence-corrected chi connectivity index (χ0v) is 8.82. The van der Waals surface area contributed by atoms with Crippen molar-refractivity contribution >= 4 is 17.3 Å². The first kappa shape index (κ1) is 9.83. The Morgan fingerprint density at radius 1 is 1.60 bits per heavy atom. The first-order chi connectivity index (χ1) is 7.08. The van der Waals surface area contributed by atoms with Crippen LogP contribution in [0.5, 0.6) is 0 Å². The molecule has 1 unspecified atom stereocenters. The Labute approximate surface area is 88.5 Å². The fourth-order valence-corrected chi connectivity index (χ4v) is 1.94. The number of aromatic carboxylic acids is 1. The van der Waals surface area contributed by atoms with Gasteiger partial charge in [0.15, 0.2) is 0 Å². The van der Waals surface area contributed by atoms with E-state index in [0.29, 0.717) is 11.6 Å². The van der Waals surface area contributed by atoms with Crippen molar-refractivity contribution in [3.63, 3.8) is 0 Å². The molecule has 0 fully saturated rings. The second-order valence-corrected chi connectivity index (χ2v) is 3.96. The molecule has 1 aliphatic heterocycles. The molecule has 4 heteroatoms. The normalized spacial score (nSPS) is 19.3. The fourth-order valence-electron chi connectivity index (χ4n) is 1.94. The minimum absolute atomic E-state index is 0.323. The van der Waals surface area contributed by atoms with Crippen molar-refractivity contribution in [3.8, 4) is 0 Å². The molecular formula is C11H14N2O2. The first-order valence-corrected chi connectivity index (χ1v) is 4.93. The summed E-state index contributed by atoms with van der Waals surface area (Å²) in [6, 6.07) is 5.50. The van der Waals surface area contributed by atoms with Crippen LogP contribution in [0.25, 0.3) is 0 Å². The van der Waals surface area contributed by atoms with Gasteiger partial charge in [-0.1, -0.05) is 0 Å². The lowest BCUT2D eigenvalue weighted by Crippen LogP contribution is -2.37. The van der Waals surface area contributed by atoms with E-state index in [9.17, 15) is 4.79 Å². The summed E-state index contributed by atoms with van der Waals surface area (Å²) in [6.07, 6.45) is 0. The number of nitrogens with one attached hydrogen (secondary N) is 1. The van der Waals surface area contributed by atoms with Gasteiger partial charge in [-0.05, 0) is 25.1 Å². The fraction of sp³-hybridized carbons (Fsp3) is 0.364. The highest BCUT2D eigenvalue weighted by Crippen LogP contribution is 2.30. The molecule has 0 aromatic heterocycles. The van der Waals surface area contributed by atoms with Crippen molar-refractivity contribution in [2.45, 2.75) is 13.0 Å². The topological polar surface area (TPSA) is 52.6 Å². The maximum Gasteiger partial charge on any atom is 0.335 e. The quantitative estimate of drug-likeness (QED) is 0.733. The third-order valence-corrected chi connectivity index (χ3v) is 2.60. The van der Waals surface area contributed by atoms with Gasteiger partial charge in [-0.15, -0.1) is 0 Å². The molecule has 0 saturated carbocycles. The van der Waals surface area contributed by atoms with E-state index in [1.807, 2.05) is 13.1 Å². The van der Waals surface area contributed by atoms with E-state index in [-0.39, 0.29) is 0 Å². The molecule has 1 heterocycles. The minimum Gasteiger partial charge on any atom is -0.478 e. The van der Waals surface area contributed by atoms with Crippen LogP contribution in [0.1, 0.15) is 17.3 Å². The highest BCUT2D eigenvalue weighted by Gasteiger charge is 2.19. The second-order valence-electron chi connectivity index (χ2n) is 3.96. The van der Waals surface area contributed by atoms with Crippen LogP contribution >= 0.6 is 0 Å². The van der Waals surface area contributed by atoms with Gasteiger partial charge in [0, 0.05) is 19.6 Å². The maximum absolute atomic E-state index is 10.8. The van der Waals surface area contributed by atoms with Crippen LogP contribution in [0.3, 0.4) is 0 Å². The van der Waals surface area contributed by atoms with E-state index in [1.165, 1.54) is 0 Å². The Balaban J connectivity index is 2.43. The number of hydrogen-bond donors (Lipinski definition) is 2. The van der Waals surface area contributed by atoms with Crippen molar-refractivity contribution < 1.29 is 9.90 Å². The van der Waals surface area contributed by atoms with Crippen LogP contribution in [0.15, 0.2) is 18.2 Å². The van der Waals surface area contributed by atoms with Gasteiger partial charge in [0.2, 0.25) is 0 Å². The molecule has 1 aromatic carbocycles. The third kappa shape index (κ3) is 1.75. The number of carboxylic acid groups (broad SMARTS) is 1. The Morgan fingerprint density at radius 3 is 3.00 bits per heavy atom. The molecule has 2 N–H and O–H groups in total. The lowest BCUT2D eigenvalue weighted by molar-refractivity contribution is 0.0697. The van der Waals surface area contributed by atoms with Crippen molar-refractivity contribution in [1.82, 2.24) is 0 Å². The Morgan fingerprint density at radius 2 is 2.33 bits per heavy atom. The molecule has 0 bridgehead atoms. The molecule has 0 aliphatic carbocycles. The van der Waals surface area contributed by atoms with Crippen molar-refractivity contribution in [3.05, 3.63) is 23.8 Å². The lowest BCUT2D eigenvalue weighted by atomic mass is 10.1. The standard InChI is InChI=1S/C11H14N2O2/c1-7-6-13(2)10-4-3-8(11(14)15)5-9(10)12-7/h3-5,7,12H,6H2,1-2H3,(H,14,15). The largest absolute Gasteiger partial charge is 0.478 e. The third-order valence-electron chi connectivity index (χ3n) is 2.60. The predicted octanol–water partition coefficient (Wildman–Crippen LogP) is 1.64. The summed E-state index contributed by atoms with van der Waals surface area (Å²) in [5.41, 5.74) is 2.28. The van der Waals surface area contributed by atoms with E-state index in [0.717, 1.165) is 17.9 Å². The zero-order valence-electron chi connectivity index (χ0n) is 8.82. The molecular weight excluding hydrogens is 192 g/mol. The van der Waals surface area contributed by atoms with Gasteiger partial charge in [-0.25, -0.2) is 4.79 Å². The number of likely N-dealkylation sites (N-methyl/N-ethyl adjacent to an activating group) is 1.